The third-order valence-electron chi connectivity index (χ3n) is 3.80. The van der Waals surface area contributed by atoms with E-state index >= 15 is 0 Å². The molecule has 1 aliphatic rings. The molecule has 0 bridgehead atoms. The Morgan fingerprint density at radius 3 is 2.33 bits per heavy atom. The van der Waals surface area contributed by atoms with Gasteiger partial charge in [-0.2, -0.15) is 0 Å². The number of benzene rings is 1. The lowest BCUT2D eigenvalue weighted by atomic mass is 9.88. The zero-order valence-corrected chi connectivity index (χ0v) is 14.3. The molecule has 1 N–H and O–H groups in total. The summed E-state index contributed by atoms with van der Waals surface area (Å²) >= 11 is 0. The van der Waals surface area contributed by atoms with Gasteiger partial charge in [0.25, 0.3) is 21.9 Å². The fraction of sp³-hybridized carbons (Fsp3) is 0.467. The Bertz CT molecular complexity index is 785. The standard InChI is InChI=1S/C15H18F2N2O4S/c1-14(2,3)15(16,17)9-18-12(20)8-19-13(21)10-6-4-5-7-11(10)24(19,22)23/h4-7H,8-9H2,1-3H3,(H,18,20). The summed E-state index contributed by atoms with van der Waals surface area (Å²) in [5.41, 5.74) is -1.41. The maximum Gasteiger partial charge on any atom is 0.269 e. The first-order chi connectivity index (χ1) is 10.9. The minimum atomic E-state index is -4.14. The number of sulfonamides is 1. The summed E-state index contributed by atoms with van der Waals surface area (Å²) < 4.78 is 52.6. The van der Waals surface area contributed by atoms with E-state index < -0.39 is 46.3 Å². The molecule has 0 unspecified atom stereocenters. The summed E-state index contributed by atoms with van der Waals surface area (Å²) in [5, 5.41) is 1.99. The van der Waals surface area contributed by atoms with Crippen molar-refractivity contribution in [3.05, 3.63) is 29.8 Å². The van der Waals surface area contributed by atoms with Crippen molar-refractivity contribution in [3.8, 4) is 0 Å². The Morgan fingerprint density at radius 2 is 1.79 bits per heavy atom. The van der Waals surface area contributed by atoms with Crippen LogP contribution in [0.25, 0.3) is 0 Å². The Hall–Kier alpha value is -2.03. The van der Waals surface area contributed by atoms with Gasteiger partial charge in [0.1, 0.15) is 11.4 Å². The molecule has 2 amide bonds. The van der Waals surface area contributed by atoms with E-state index in [0.717, 1.165) is 0 Å². The third kappa shape index (κ3) is 3.12. The van der Waals surface area contributed by atoms with Crippen molar-refractivity contribution in [2.75, 3.05) is 13.1 Å². The number of hydrogen-bond donors (Lipinski definition) is 1. The van der Waals surface area contributed by atoms with Crippen molar-refractivity contribution in [3.63, 3.8) is 0 Å². The van der Waals surface area contributed by atoms with Crippen LogP contribution in [0.5, 0.6) is 0 Å². The Labute approximate surface area is 138 Å². The van der Waals surface area contributed by atoms with Crippen LogP contribution >= 0.6 is 0 Å². The number of nitrogens with one attached hydrogen (secondary N) is 1. The Kier molecular flexibility index (Phi) is 4.43. The number of amides is 2. The lowest BCUT2D eigenvalue weighted by Crippen LogP contribution is -2.48. The molecule has 0 spiro atoms. The molecule has 6 nitrogen and oxygen atoms in total. The van der Waals surface area contributed by atoms with Crippen molar-refractivity contribution in [2.24, 2.45) is 5.41 Å². The highest BCUT2D eigenvalue weighted by Crippen LogP contribution is 2.35. The van der Waals surface area contributed by atoms with E-state index in [1.807, 2.05) is 5.32 Å². The zero-order chi connectivity index (χ0) is 18.3. The van der Waals surface area contributed by atoms with Crippen LogP contribution in [0.2, 0.25) is 0 Å². The molecule has 24 heavy (non-hydrogen) atoms. The highest BCUT2D eigenvalue weighted by atomic mass is 32.2. The maximum absolute atomic E-state index is 13.8. The van der Waals surface area contributed by atoms with E-state index in [2.05, 4.69) is 0 Å². The van der Waals surface area contributed by atoms with Crippen LogP contribution in [0.15, 0.2) is 29.2 Å². The molecule has 0 aliphatic carbocycles. The second-order valence-electron chi connectivity index (χ2n) is 6.54. The van der Waals surface area contributed by atoms with Crippen molar-refractivity contribution in [2.45, 2.75) is 31.6 Å². The SMILES string of the molecule is CC(C)(C)C(F)(F)CNC(=O)CN1C(=O)c2ccccc2S1(=O)=O. The fourth-order valence-corrected chi connectivity index (χ4v) is 3.57. The lowest BCUT2D eigenvalue weighted by molar-refractivity contribution is -0.127. The lowest BCUT2D eigenvalue weighted by Gasteiger charge is -2.30. The number of alkyl halides is 2. The average Bonchev–Trinajstić information content (AvgIpc) is 2.66. The Balaban J connectivity index is 2.10. The van der Waals surface area contributed by atoms with Crippen LogP contribution in [-0.4, -0.2) is 43.5 Å². The molecular formula is C15H18F2N2O4S. The number of halogens is 2. The summed E-state index contributed by atoms with van der Waals surface area (Å²) in [5.74, 6) is -4.99. The predicted molar refractivity (Wildman–Crippen MR) is 82.1 cm³/mol. The van der Waals surface area contributed by atoms with E-state index in [1.165, 1.54) is 45.0 Å². The molecule has 0 fully saturated rings. The molecule has 0 atom stereocenters. The number of rotatable bonds is 4. The normalized spacial score (nSPS) is 16.9. The van der Waals surface area contributed by atoms with Gasteiger partial charge in [-0.3, -0.25) is 9.59 Å². The largest absolute Gasteiger partial charge is 0.348 e. The number of carbonyl (C=O) groups is 2. The van der Waals surface area contributed by atoms with Crippen molar-refractivity contribution < 1.29 is 26.8 Å². The smallest absolute Gasteiger partial charge is 0.269 e. The number of fused-ring (bicyclic) bond motifs is 1. The second-order valence-corrected chi connectivity index (χ2v) is 8.37. The van der Waals surface area contributed by atoms with E-state index in [4.69, 9.17) is 0 Å². The van der Waals surface area contributed by atoms with Crippen molar-refractivity contribution in [1.29, 1.82) is 0 Å². The van der Waals surface area contributed by atoms with E-state index in [-0.39, 0.29) is 10.5 Å². The van der Waals surface area contributed by atoms with Crippen LogP contribution in [0.4, 0.5) is 8.78 Å². The average molecular weight is 360 g/mol. The van der Waals surface area contributed by atoms with Gasteiger partial charge in [-0.25, -0.2) is 21.5 Å². The summed E-state index contributed by atoms with van der Waals surface area (Å²) in [6.07, 6.45) is 0. The van der Waals surface area contributed by atoms with E-state index in [1.54, 1.807) is 0 Å². The van der Waals surface area contributed by atoms with E-state index in [0.29, 0.717) is 4.31 Å². The molecule has 1 aromatic rings. The number of hydrogen-bond acceptors (Lipinski definition) is 4. The molecule has 0 saturated heterocycles. The van der Waals surface area contributed by atoms with Gasteiger partial charge in [0.2, 0.25) is 5.91 Å². The summed E-state index contributed by atoms with van der Waals surface area (Å²) in [6.45, 7) is 2.19. The minimum absolute atomic E-state index is 0.0367. The van der Waals surface area contributed by atoms with Crippen LogP contribution in [0, 0.1) is 5.41 Å². The van der Waals surface area contributed by atoms with Gasteiger partial charge in [0.05, 0.1) is 12.1 Å². The molecule has 0 radical (unpaired) electrons. The predicted octanol–water partition coefficient (Wildman–Crippen LogP) is 1.63. The van der Waals surface area contributed by atoms with Gasteiger partial charge in [-0.1, -0.05) is 32.9 Å². The molecule has 1 aromatic carbocycles. The first-order valence-corrected chi connectivity index (χ1v) is 8.62. The van der Waals surface area contributed by atoms with Crippen molar-refractivity contribution in [1.82, 2.24) is 9.62 Å². The fourth-order valence-electron chi connectivity index (χ4n) is 2.05. The Morgan fingerprint density at radius 1 is 1.21 bits per heavy atom. The van der Waals surface area contributed by atoms with Gasteiger partial charge < -0.3 is 5.32 Å². The van der Waals surface area contributed by atoms with Crippen LogP contribution in [-0.2, 0) is 14.8 Å². The first kappa shape index (κ1) is 18.3. The molecule has 2 rings (SSSR count). The highest BCUT2D eigenvalue weighted by Gasteiger charge is 2.44. The molecule has 1 heterocycles. The highest BCUT2D eigenvalue weighted by molar-refractivity contribution is 7.90. The van der Waals surface area contributed by atoms with Crippen molar-refractivity contribution >= 4 is 21.8 Å². The van der Waals surface area contributed by atoms with Gasteiger partial charge in [0, 0.05) is 5.41 Å². The maximum atomic E-state index is 13.8. The first-order valence-electron chi connectivity index (χ1n) is 7.18. The monoisotopic (exact) mass is 360 g/mol. The quantitative estimate of drug-likeness (QED) is 0.885. The molecule has 132 valence electrons. The molecule has 0 saturated carbocycles. The van der Waals surface area contributed by atoms with Gasteiger partial charge in [-0.05, 0) is 12.1 Å². The zero-order valence-electron chi connectivity index (χ0n) is 13.5. The van der Waals surface area contributed by atoms with E-state index in [9.17, 15) is 26.8 Å². The van der Waals surface area contributed by atoms with Crippen LogP contribution in [0.3, 0.4) is 0 Å². The topological polar surface area (TPSA) is 83.6 Å². The van der Waals surface area contributed by atoms with Crippen LogP contribution < -0.4 is 5.32 Å². The van der Waals surface area contributed by atoms with Gasteiger partial charge >= 0.3 is 0 Å². The number of nitrogens with zero attached hydrogens (tertiary/aromatic N) is 1. The third-order valence-corrected chi connectivity index (χ3v) is 5.59. The molecular weight excluding hydrogens is 342 g/mol. The van der Waals surface area contributed by atoms with Gasteiger partial charge in [-0.15, -0.1) is 0 Å². The van der Waals surface area contributed by atoms with Crippen LogP contribution in [0.1, 0.15) is 31.1 Å². The molecule has 1 aliphatic heterocycles. The minimum Gasteiger partial charge on any atom is -0.348 e. The molecule has 9 heteroatoms. The second kappa shape index (κ2) is 5.80. The summed E-state index contributed by atoms with van der Waals surface area (Å²) in [6, 6.07) is 5.55. The summed E-state index contributed by atoms with van der Waals surface area (Å²) in [4.78, 5) is 23.8. The summed E-state index contributed by atoms with van der Waals surface area (Å²) in [7, 11) is -4.14. The molecule has 0 aromatic heterocycles. The number of carbonyl (C=O) groups excluding carboxylic acids is 2. The van der Waals surface area contributed by atoms with Gasteiger partial charge in [0.15, 0.2) is 0 Å².